The quantitative estimate of drug-likeness (QED) is 0.375. The van der Waals surface area contributed by atoms with Gasteiger partial charge in [0.1, 0.15) is 0 Å². The summed E-state index contributed by atoms with van der Waals surface area (Å²) in [6, 6.07) is 0.295. The summed E-state index contributed by atoms with van der Waals surface area (Å²) < 4.78 is 0. The molecule has 0 aromatic carbocycles. The van der Waals surface area contributed by atoms with E-state index in [0.29, 0.717) is 13.1 Å². The number of nitrogens with two attached hydrogens (primary N) is 1. The average molecular weight is 514 g/mol. The Hall–Kier alpha value is -1.75. The predicted molar refractivity (Wildman–Crippen MR) is 148 cm³/mol. The zero-order valence-electron chi connectivity index (χ0n) is 24.2. The molecule has 0 saturated carbocycles. The highest BCUT2D eigenvalue weighted by Gasteiger charge is 2.16. The van der Waals surface area contributed by atoms with Gasteiger partial charge in [-0.05, 0) is 81.4 Å². The molecular weight excluding hydrogens is 458 g/mol. The van der Waals surface area contributed by atoms with Crippen LogP contribution >= 0.6 is 0 Å². The van der Waals surface area contributed by atoms with Gasteiger partial charge in [0.2, 0.25) is 17.7 Å². The number of piperazine rings is 1. The van der Waals surface area contributed by atoms with Crippen molar-refractivity contribution in [1.82, 2.24) is 30.7 Å². The van der Waals surface area contributed by atoms with Crippen LogP contribution in [0.5, 0.6) is 0 Å². The second-order valence-corrected chi connectivity index (χ2v) is 10.8. The van der Waals surface area contributed by atoms with Crippen LogP contribution in [0.15, 0.2) is 0 Å². The first-order chi connectivity index (χ1) is 16.8. The Morgan fingerprint density at radius 2 is 1.03 bits per heavy atom. The van der Waals surface area contributed by atoms with Gasteiger partial charge in [-0.2, -0.15) is 0 Å². The predicted octanol–water partition coefficient (Wildman–Crippen LogP) is 0.614. The molecule has 2 rings (SSSR count). The zero-order chi connectivity index (χ0) is 27.7. The van der Waals surface area contributed by atoms with Gasteiger partial charge in [0.05, 0.1) is 19.1 Å². The summed E-state index contributed by atoms with van der Waals surface area (Å²) in [4.78, 5) is 40.3. The van der Waals surface area contributed by atoms with Crippen LogP contribution < -0.4 is 21.7 Å². The lowest BCUT2D eigenvalue weighted by Crippen LogP contribution is -2.48. The van der Waals surface area contributed by atoms with Crippen molar-refractivity contribution in [3.05, 3.63) is 0 Å². The summed E-state index contributed by atoms with van der Waals surface area (Å²) in [5.74, 6) is 0.214. The maximum atomic E-state index is 11.4. The molecule has 0 radical (unpaired) electrons. The van der Waals surface area contributed by atoms with Crippen LogP contribution in [0.2, 0.25) is 0 Å². The Labute approximate surface area is 220 Å². The monoisotopic (exact) mass is 513 g/mol. The van der Waals surface area contributed by atoms with Crippen molar-refractivity contribution in [3.63, 3.8) is 0 Å². The number of amides is 3. The number of hydrogen-bond donors (Lipinski definition) is 4. The van der Waals surface area contributed by atoms with Gasteiger partial charge < -0.3 is 26.6 Å². The second kappa shape index (κ2) is 19.4. The van der Waals surface area contributed by atoms with E-state index >= 15 is 0 Å². The molecule has 212 valence electrons. The van der Waals surface area contributed by atoms with Gasteiger partial charge >= 0.3 is 0 Å². The molecule has 0 spiro atoms. The van der Waals surface area contributed by atoms with Crippen molar-refractivity contribution in [2.45, 2.75) is 91.9 Å². The van der Waals surface area contributed by atoms with Crippen LogP contribution in [-0.4, -0.2) is 116 Å². The normalized spacial score (nSPS) is 18.0. The van der Waals surface area contributed by atoms with Crippen molar-refractivity contribution < 1.29 is 14.4 Å². The Morgan fingerprint density at radius 3 is 1.36 bits per heavy atom. The number of carbonyl (C=O) groups excluding carboxylic acids is 3. The highest BCUT2D eigenvalue weighted by atomic mass is 16.2. The molecule has 0 unspecified atom stereocenters. The largest absolute Gasteiger partial charge is 0.353 e. The topological polar surface area (TPSA) is 123 Å². The highest BCUT2D eigenvalue weighted by molar-refractivity contribution is 5.81. The Balaban J connectivity index is 0.000000524. The fourth-order valence-corrected chi connectivity index (χ4v) is 3.68. The van der Waals surface area contributed by atoms with Gasteiger partial charge in [0, 0.05) is 44.3 Å². The van der Waals surface area contributed by atoms with E-state index in [1.807, 2.05) is 41.5 Å². The first kappa shape index (κ1) is 34.2. The molecule has 2 saturated heterocycles. The van der Waals surface area contributed by atoms with E-state index in [1.165, 1.54) is 19.3 Å². The number of nitrogens with one attached hydrogen (secondary N) is 3. The van der Waals surface area contributed by atoms with Crippen molar-refractivity contribution in [2.75, 3.05) is 59.4 Å². The van der Waals surface area contributed by atoms with Crippen LogP contribution in [0.4, 0.5) is 0 Å². The van der Waals surface area contributed by atoms with Crippen molar-refractivity contribution in [2.24, 2.45) is 5.73 Å². The molecule has 0 aromatic heterocycles. The Bertz CT molecular complexity index is 613. The van der Waals surface area contributed by atoms with E-state index < -0.39 is 6.04 Å². The number of rotatable bonds is 8. The number of hydrogen-bond acceptors (Lipinski definition) is 7. The van der Waals surface area contributed by atoms with E-state index in [2.05, 4.69) is 37.7 Å². The second-order valence-electron chi connectivity index (χ2n) is 10.8. The van der Waals surface area contributed by atoms with Crippen molar-refractivity contribution >= 4 is 17.7 Å². The molecule has 10 nitrogen and oxygen atoms in total. The van der Waals surface area contributed by atoms with Gasteiger partial charge in [-0.25, -0.2) is 0 Å². The van der Waals surface area contributed by atoms with Crippen molar-refractivity contribution in [3.8, 4) is 0 Å². The minimum atomic E-state index is -0.396. The van der Waals surface area contributed by atoms with Crippen LogP contribution in [0.3, 0.4) is 0 Å². The highest BCUT2D eigenvalue weighted by Crippen LogP contribution is 2.07. The van der Waals surface area contributed by atoms with Crippen LogP contribution in [0.1, 0.15) is 67.7 Å². The van der Waals surface area contributed by atoms with Gasteiger partial charge in [-0.15, -0.1) is 0 Å². The number of likely N-dealkylation sites (N-methyl/N-ethyl adjacent to an activating group) is 1. The van der Waals surface area contributed by atoms with Crippen LogP contribution in [-0.2, 0) is 14.4 Å². The molecule has 2 aliphatic rings. The third kappa shape index (κ3) is 19.4. The maximum absolute atomic E-state index is 11.4. The first-order valence-electron chi connectivity index (χ1n) is 13.6. The summed E-state index contributed by atoms with van der Waals surface area (Å²) in [5.41, 5.74) is 5.27. The van der Waals surface area contributed by atoms with Crippen LogP contribution in [0, 0.1) is 0 Å². The Kier molecular flexibility index (Phi) is 18.4. The summed E-state index contributed by atoms with van der Waals surface area (Å²) in [5, 5.41) is 8.49. The lowest BCUT2D eigenvalue weighted by molar-refractivity contribution is -0.123. The van der Waals surface area contributed by atoms with E-state index in [0.717, 1.165) is 39.3 Å². The summed E-state index contributed by atoms with van der Waals surface area (Å²) in [6.45, 7) is 20.9. The van der Waals surface area contributed by atoms with Crippen LogP contribution in [0.25, 0.3) is 0 Å². The standard InChI is InChI=1S/C10H21N3O.C10H20N2O.C6H14N2O/c1-9(2)11-10(14)8-13-6-4-12(3)5-7-13;1-9(2)11-10(13)8-12-6-4-3-5-7-12;1-4(2)8-6(9)5(3)7/h9H,4-8H2,1-3H3,(H,11,14);9H,3-8H2,1-2H3,(H,11,13);4-5H,7H2,1-3H3,(H,8,9)/t;;5-/m..1/s1. The molecule has 3 amide bonds. The smallest absolute Gasteiger partial charge is 0.236 e. The minimum Gasteiger partial charge on any atom is -0.353 e. The number of likely N-dealkylation sites (tertiary alicyclic amines) is 1. The molecule has 0 bridgehead atoms. The Morgan fingerprint density at radius 1 is 0.639 bits per heavy atom. The number of piperidine rings is 1. The molecule has 2 heterocycles. The lowest BCUT2D eigenvalue weighted by atomic mass is 10.1. The van der Waals surface area contributed by atoms with E-state index in [4.69, 9.17) is 5.73 Å². The van der Waals surface area contributed by atoms with Gasteiger partial charge in [0.25, 0.3) is 0 Å². The van der Waals surface area contributed by atoms with E-state index in [1.54, 1.807) is 6.92 Å². The molecule has 36 heavy (non-hydrogen) atoms. The molecule has 0 aromatic rings. The van der Waals surface area contributed by atoms with Crippen molar-refractivity contribution in [1.29, 1.82) is 0 Å². The molecule has 0 aliphatic carbocycles. The molecule has 2 aliphatic heterocycles. The number of carbonyl (C=O) groups is 3. The molecule has 1 atom stereocenters. The average Bonchev–Trinajstić information content (AvgIpc) is 2.75. The SMILES string of the molecule is CC(C)NC(=O)CN1CCCCC1.CC(C)NC(=O)CN1CCN(C)CC1.CC(C)NC(=O)[C@@H](C)N. The third-order valence-corrected chi connectivity index (χ3v) is 5.52. The zero-order valence-corrected chi connectivity index (χ0v) is 24.2. The summed E-state index contributed by atoms with van der Waals surface area (Å²) >= 11 is 0. The molecule has 5 N–H and O–H groups in total. The lowest BCUT2D eigenvalue weighted by Gasteiger charge is -2.31. The fraction of sp³-hybridized carbons (Fsp3) is 0.885. The fourth-order valence-electron chi connectivity index (χ4n) is 3.68. The molecule has 10 heteroatoms. The van der Waals surface area contributed by atoms with Gasteiger partial charge in [-0.1, -0.05) is 6.42 Å². The summed E-state index contributed by atoms with van der Waals surface area (Å²) in [7, 11) is 2.12. The van der Waals surface area contributed by atoms with E-state index in [9.17, 15) is 14.4 Å². The van der Waals surface area contributed by atoms with Gasteiger partial charge in [-0.3, -0.25) is 24.2 Å². The molecular formula is C26H55N7O3. The molecule has 2 fully saturated rings. The summed E-state index contributed by atoms with van der Waals surface area (Å²) in [6.07, 6.45) is 3.81. The first-order valence-corrected chi connectivity index (χ1v) is 13.6. The van der Waals surface area contributed by atoms with E-state index in [-0.39, 0.29) is 35.8 Å². The van der Waals surface area contributed by atoms with Gasteiger partial charge in [0.15, 0.2) is 0 Å². The minimum absolute atomic E-state index is 0.0926. The third-order valence-electron chi connectivity index (χ3n) is 5.52. The number of nitrogens with zero attached hydrogens (tertiary/aromatic N) is 3. The maximum Gasteiger partial charge on any atom is 0.236 e.